The van der Waals surface area contributed by atoms with Crippen molar-refractivity contribution >= 4 is 38.5 Å². The minimum atomic E-state index is -1.01. The van der Waals surface area contributed by atoms with E-state index < -0.39 is 5.97 Å². The van der Waals surface area contributed by atoms with E-state index in [4.69, 9.17) is 4.74 Å². The number of rotatable bonds is 5. The summed E-state index contributed by atoms with van der Waals surface area (Å²) in [6.45, 7) is 2.43. The van der Waals surface area contributed by atoms with Crippen LogP contribution in [0.4, 0.5) is 5.69 Å². The second-order valence-corrected chi connectivity index (χ2v) is 5.36. The molecule has 0 aliphatic carbocycles. The summed E-state index contributed by atoms with van der Waals surface area (Å²) in [4.78, 5) is 15.5. The van der Waals surface area contributed by atoms with Gasteiger partial charge in [-0.15, -0.1) is 0 Å². The third kappa shape index (κ3) is 3.08. The molecule has 0 fully saturated rings. The number of fused-ring (bicyclic) bond motifs is 1. The van der Waals surface area contributed by atoms with E-state index in [9.17, 15) is 9.90 Å². The summed E-state index contributed by atoms with van der Waals surface area (Å²) in [6, 6.07) is 5.57. The number of aromatic nitrogens is 1. The molecule has 2 aromatic rings. The van der Waals surface area contributed by atoms with Crippen LogP contribution in [0, 0.1) is 0 Å². The van der Waals surface area contributed by atoms with E-state index in [2.05, 4.69) is 26.2 Å². The molecule has 0 spiro atoms. The Morgan fingerprint density at radius 3 is 2.95 bits per heavy atom. The maximum atomic E-state index is 11.3. The molecule has 1 atom stereocenters. The van der Waals surface area contributed by atoms with Gasteiger partial charge in [0.05, 0.1) is 17.3 Å². The fraction of sp³-hybridized carbons (Fsp3) is 0.286. The van der Waals surface area contributed by atoms with Gasteiger partial charge in [-0.3, -0.25) is 4.98 Å². The lowest BCUT2D eigenvalue weighted by atomic mass is 10.1. The second kappa shape index (κ2) is 6.19. The van der Waals surface area contributed by atoms with E-state index in [1.807, 2.05) is 25.1 Å². The minimum absolute atomic E-state index is 0.0213. The van der Waals surface area contributed by atoms with Crippen molar-refractivity contribution < 1.29 is 14.6 Å². The largest absolute Gasteiger partial charge is 0.478 e. The standard InChI is InChI=1S/C14H15BrN2O3/c1-8(20-2)6-17-13-10-5-9(15)3-4-12(10)16-7-11(13)14(18)19/h3-5,7-8H,6H2,1-2H3,(H,16,17)(H,18,19)/t8-/m0/s1. The summed E-state index contributed by atoms with van der Waals surface area (Å²) in [6.07, 6.45) is 1.35. The van der Waals surface area contributed by atoms with E-state index in [1.54, 1.807) is 7.11 Å². The summed E-state index contributed by atoms with van der Waals surface area (Å²) >= 11 is 3.39. The molecule has 0 saturated carbocycles. The SMILES string of the molecule is CO[C@@H](C)CNc1c(C(=O)O)cnc2ccc(Br)cc12. The van der Waals surface area contributed by atoms with Crippen molar-refractivity contribution in [1.29, 1.82) is 0 Å². The van der Waals surface area contributed by atoms with Gasteiger partial charge in [-0.05, 0) is 25.1 Å². The molecule has 1 aromatic heterocycles. The number of nitrogens with zero attached hydrogens (tertiary/aromatic N) is 1. The number of nitrogens with one attached hydrogen (secondary N) is 1. The number of halogens is 1. The number of aromatic carboxylic acids is 1. The van der Waals surface area contributed by atoms with Gasteiger partial charge in [0.1, 0.15) is 5.56 Å². The Morgan fingerprint density at radius 2 is 2.30 bits per heavy atom. The molecular weight excluding hydrogens is 324 g/mol. The Hall–Kier alpha value is -1.66. The first kappa shape index (κ1) is 14.7. The van der Waals surface area contributed by atoms with Gasteiger partial charge in [-0.1, -0.05) is 15.9 Å². The quantitative estimate of drug-likeness (QED) is 0.876. The summed E-state index contributed by atoms with van der Waals surface area (Å²) in [5.74, 6) is -1.01. The van der Waals surface area contributed by atoms with Crippen LogP contribution in [-0.2, 0) is 4.74 Å². The topological polar surface area (TPSA) is 71.5 Å². The van der Waals surface area contributed by atoms with Crippen molar-refractivity contribution in [2.24, 2.45) is 0 Å². The molecule has 6 heteroatoms. The van der Waals surface area contributed by atoms with Crippen LogP contribution >= 0.6 is 15.9 Å². The molecule has 1 aromatic carbocycles. The summed E-state index contributed by atoms with van der Waals surface area (Å²) < 4.78 is 6.05. The minimum Gasteiger partial charge on any atom is -0.478 e. The van der Waals surface area contributed by atoms with E-state index in [0.717, 1.165) is 15.4 Å². The average Bonchev–Trinajstić information content (AvgIpc) is 2.43. The molecule has 0 radical (unpaired) electrons. The fourth-order valence-electron chi connectivity index (χ4n) is 1.85. The number of methoxy groups -OCH3 is 1. The Bertz CT molecular complexity index is 646. The Morgan fingerprint density at radius 1 is 1.55 bits per heavy atom. The van der Waals surface area contributed by atoms with Crippen LogP contribution in [0.5, 0.6) is 0 Å². The fourth-order valence-corrected chi connectivity index (χ4v) is 2.21. The summed E-state index contributed by atoms with van der Waals surface area (Å²) in [7, 11) is 1.62. The highest BCUT2D eigenvalue weighted by Crippen LogP contribution is 2.28. The van der Waals surface area contributed by atoms with Crippen LogP contribution in [0.3, 0.4) is 0 Å². The van der Waals surface area contributed by atoms with Gasteiger partial charge in [0.15, 0.2) is 0 Å². The molecule has 1 heterocycles. The lowest BCUT2D eigenvalue weighted by Crippen LogP contribution is -2.19. The lowest BCUT2D eigenvalue weighted by Gasteiger charge is -2.15. The number of ether oxygens (including phenoxy) is 1. The maximum Gasteiger partial charge on any atom is 0.339 e. The van der Waals surface area contributed by atoms with Crippen molar-refractivity contribution in [3.63, 3.8) is 0 Å². The Labute approximate surface area is 125 Å². The first-order valence-corrected chi connectivity index (χ1v) is 6.90. The molecule has 2 rings (SSSR count). The maximum absolute atomic E-state index is 11.3. The molecule has 0 amide bonds. The van der Waals surface area contributed by atoms with E-state index in [-0.39, 0.29) is 11.7 Å². The molecule has 5 nitrogen and oxygen atoms in total. The zero-order valence-electron chi connectivity index (χ0n) is 11.2. The molecule has 106 valence electrons. The number of pyridine rings is 1. The lowest BCUT2D eigenvalue weighted by molar-refractivity contribution is 0.0697. The van der Waals surface area contributed by atoms with Crippen LogP contribution in [0.25, 0.3) is 10.9 Å². The number of carboxylic acids is 1. The van der Waals surface area contributed by atoms with Crippen LogP contribution in [0.1, 0.15) is 17.3 Å². The predicted molar refractivity (Wildman–Crippen MR) is 81.4 cm³/mol. The third-order valence-corrected chi connectivity index (χ3v) is 3.52. The van der Waals surface area contributed by atoms with E-state index in [0.29, 0.717) is 12.2 Å². The van der Waals surface area contributed by atoms with Gasteiger partial charge < -0.3 is 15.2 Å². The highest BCUT2D eigenvalue weighted by molar-refractivity contribution is 9.10. The first-order valence-electron chi connectivity index (χ1n) is 6.11. The van der Waals surface area contributed by atoms with Gasteiger partial charge in [-0.2, -0.15) is 0 Å². The monoisotopic (exact) mass is 338 g/mol. The molecule has 0 aliphatic rings. The summed E-state index contributed by atoms with van der Waals surface area (Å²) in [5.41, 5.74) is 1.46. The molecule has 0 saturated heterocycles. The van der Waals surface area contributed by atoms with Crippen LogP contribution in [-0.4, -0.2) is 35.8 Å². The highest BCUT2D eigenvalue weighted by Gasteiger charge is 2.15. The predicted octanol–water partition coefficient (Wildman–Crippen LogP) is 3.14. The van der Waals surface area contributed by atoms with Gasteiger partial charge >= 0.3 is 5.97 Å². The average molecular weight is 339 g/mol. The molecule has 0 unspecified atom stereocenters. The Balaban J connectivity index is 2.52. The van der Waals surface area contributed by atoms with E-state index in [1.165, 1.54) is 6.20 Å². The molecule has 0 bridgehead atoms. The molecule has 0 aliphatic heterocycles. The van der Waals surface area contributed by atoms with E-state index >= 15 is 0 Å². The number of hydrogen-bond donors (Lipinski definition) is 2. The molecule has 20 heavy (non-hydrogen) atoms. The van der Waals surface area contributed by atoms with Crippen LogP contribution in [0.15, 0.2) is 28.9 Å². The van der Waals surface area contributed by atoms with Gasteiger partial charge in [0.2, 0.25) is 0 Å². The zero-order valence-corrected chi connectivity index (χ0v) is 12.8. The second-order valence-electron chi connectivity index (χ2n) is 4.44. The van der Waals surface area contributed by atoms with Crippen molar-refractivity contribution in [3.8, 4) is 0 Å². The van der Waals surface area contributed by atoms with Crippen LogP contribution in [0.2, 0.25) is 0 Å². The van der Waals surface area contributed by atoms with Crippen molar-refractivity contribution in [2.75, 3.05) is 19.0 Å². The number of benzene rings is 1. The van der Waals surface area contributed by atoms with Crippen molar-refractivity contribution in [1.82, 2.24) is 4.98 Å². The van der Waals surface area contributed by atoms with Crippen molar-refractivity contribution in [3.05, 3.63) is 34.4 Å². The van der Waals surface area contributed by atoms with Gasteiger partial charge in [0.25, 0.3) is 0 Å². The van der Waals surface area contributed by atoms with Gasteiger partial charge in [-0.25, -0.2) is 4.79 Å². The molecular formula is C14H15BrN2O3. The zero-order chi connectivity index (χ0) is 14.7. The number of anilines is 1. The van der Waals surface area contributed by atoms with Gasteiger partial charge in [0, 0.05) is 29.7 Å². The van der Waals surface area contributed by atoms with Crippen LogP contribution < -0.4 is 5.32 Å². The number of carbonyl (C=O) groups is 1. The summed E-state index contributed by atoms with van der Waals surface area (Å²) in [5, 5.41) is 13.2. The number of hydrogen-bond acceptors (Lipinski definition) is 4. The number of carboxylic acid groups (broad SMARTS) is 1. The third-order valence-electron chi connectivity index (χ3n) is 3.03. The normalized spacial score (nSPS) is 12.3. The Kier molecular flexibility index (Phi) is 4.57. The van der Waals surface area contributed by atoms with Crippen molar-refractivity contribution in [2.45, 2.75) is 13.0 Å². The smallest absolute Gasteiger partial charge is 0.339 e. The molecule has 2 N–H and O–H groups in total. The first-order chi connectivity index (χ1) is 9.52. The highest BCUT2D eigenvalue weighted by atomic mass is 79.9.